The number of thioether (sulfide) groups is 1. The van der Waals surface area contributed by atoms with Crippen LogP contribution < -0.4 is 5.32 Å². The van der Waals surface area contributed by atoms with Crippen LogP contribution >= 0.6 is 11.8 Å². The van der Waals surface area contributed by atoms with Gasteiger partial charge in [0.05, 0.1) is 6.20 Å². The molecule has 0 fully saturated rings. The molecule has 1 aromatic carbocycles. The number of nitrogens with one attached hydrogen (secondary N) is 1. The predicted octanol–water partition coefficient (Wildman–Crippen LogP) is 3.67. The summed E-state index contributed by atoms with van der Waals surface area (Å²) in [6.45, 7) is 5.28. The molecule has 3 nitrogen and oxygen atoms in total. The molecule has 0 saturated carbocycles. The van der Waals surface area contributed by atoms with Gasteiger partial charge in [-0.3, -0.25) is 4.68 Å². The van der Waals surface area contributed by atoms with Crippen molar-refractivity contribution in [3.8, 4) is 0 Å². The third-order valence-corrected chi connectivity index (χ3v) is 3.93. The standard InChI is InChI=1S/C15H21N3S/c1-12(2)19-11-13-5-4-6-15(7-13)16-8-14-9-17-18(3)10-14/h4-7,9-10,12,16H,8,11H2,1-3H3. The van der Waals surface area contributed by atoms with Gasteiger partial charge in [0, 0.05) is 36.8 Å². The second-order valence-electron chi connectivity index (χ2n) is 4.94. The molecule has 0 saturated heterocycles. The summed E-state index contributed by atoms with van der Waals surface area (Å²) in [6.07, 6.45) is 3.93. The Balaban J connectivity index is 1.91. The first-order valence-corrected chi connectivity index (χ1v) is 7.60. The van der Waals surface area contributed by atoms with Crippen molar-refractivity contribution in [2.24, 2.45) is 7.05 Å². The molecule has 0 bridgehead atoms. The second kappa shape index (κ2) is 6.66. The molecule has 0 radical (unpaired) electrons. The summed E-state index contributed by atoms with van der Waals surface area (Å²) in [6, 6.07) is 8.64. The lowest BCUT2D eigenvalue weighted by molar-refractivity contribution is 0.767. The summed E-state index contributed by atoms with van der Waals surface area (Å²) in [5, 5.41) is 8.28. The molecule has 0 aliphatic carbocycles. The highest BCUT2D eigenvalue weighted by molar-refractivity contribution is 7.99. The Morgan fingerprint density at radius 3 is 2.84 bits per heavy atom. The Labute approximate surface area is 119 Å². The van der Waals surface area contributed by atoms with E-state index in [4.69, 9.17) is 0 Å². The van der Waals surface area contributed by atoms with E-state index in [0.717, 1.165) is 12.3 Å². The predicted molar refractivity (Wildman–Crippen MR) is 83.4 cm³/mol. The first-order valence-electron chi connectivity index (χ1n) is 6.55. The molecule has 102 valence electrons. The van der Waals surface area contributed by atoms with Crippen molar-refractivity contribution < 1.29 is 0 Å². The van der Waals surface area contributed by atoms with E-state index in [9.17, 15) is 0 Å². The molecule has 0 atom stereocenters. The number of rotatable bonds is 6. The lowest BCUT2D eigenvalue weighted by Crippen LogP contribution is -1.99. The highest BCUT2D eigenvalue weighted by atomic mass is 32.2. The smallest absolute Gasteiger partial charge is 0.0539 e. The van der Waals surface area contributed by atoms with E-state index >= 15 is 0 Å². The molecular formula is C15H21N3S. The van der Waals surface area contributed by atoms with Crippen LogP contribution in [0.5, 0.6) is 0 Å². The Morgan fingerprint density at radius 2 is 2.16 bits per heavy atom. The normalized spacial score (nSPS) is 10.9. The fourth-order valence-corrected chi connectivity index (χ4v) is 2.51. The zero-order valence-electron chi connectivity index (χ0n) is 11.8. The quantitative estimate of drug-likeness (QED) is 0.872. The fraction of sp³-hybridized carbons (Fsp3) is 0.400. The van der Waals surface area contributed by atoms with Gasteiger partial charge in [-0.05, 0) is 22.9 Å². The van der Waals surface area contributed by atoms with Gasteiger partial charge in [0.2, 0.25) is 0 Å². The Hall–Kier alpha value is -1.42. The number of hydrogen-bond donors (Lipinski definition) is 1. The van der Waals surface area contributed by atoms with Gasteiger partial charge in [0.1, 0.15) is 0 Å². The zero-order valence-corrected chi connectivity index (χ0v) is 12.6. The number of nitrogens with zero attached hydrogens (tertiary/aromatic N) is 2. The first kappa shape index (κ1) is 14.0. The van der Waals surface area contributed by atoms with Crippen molar-refractivity contribution in [1.82, 2.24) is 9.78 Å². The SMILES string of the molecule is CC(C)SCc1cccc(NCc2cnn(C)c2)c1. The molecule has 1 heterocycles. The zero-order chi connectivity index (χ0) is 13.7. The van der Waals surface area contributed by atoms with Gasteiger partial charge in [-0.2, -0.15) is 16.9 Å². The third-order valence-electron chi connectivity index (χ3n) is 2.77. The van der Waals surface area contributed by atoms with Gasteiger partial charge < -0.3 is 5.32 Å². The van der Waals surface area contributed by atoms with Crippen molar-refractivity contribution in [2.75, 3.05) is 5.32 Å². The maximum absolute atomic E-state index is 4.17. The Bertz CT molecular complexity index is 520. The van der Waals surface area contributed by atoms with Crippen LogP contribution in [0.1, 0.15) is 25.0 Å². The summed E-state index contributed by atoms with van der Waals surface area (Å²) >= 11 is 1.97. The molecular weight excluding hydrogens is 254 g/mol. The van der Waals surface area contributed by atoms with Gasteiger partial charge in [-0.1, -0.05) is 26.0 Å². The van der Waals surface area contributed by atoms with E-state index < -0.39 is 0 Å². The minimum absolute atomic E-state index is 0.673. The summed E-state index contributed by atoms with van der Waals surface area (Å²) in [5.74, 6) is 1.07. The molecule has 0 amide bonds. The van der Waals surface area contributed by atoms with Crippen LogP contribution in [0, 0.1) is 0 Å². The second-order valence-corrected chi connectivity index (χ2v) is 6.50. The van der Waals surface area contributed by atoms with Crippen LogP contribution in [-0.4, -0.2) is 15.0 Å². The highest BCUT2D eigenvalue weighted by Crippen LogP contribution is 2.20. The molecule has 1 aromatic heterocycles. The van der Waals surface area contributed by atoms with Gasteiger partial charge >= 0.3 is 0 Å². The van der Waals surface area contributed by atoms with Crippen LogP contribution in [0.2, 0.25) is 0 Å². The molecule has 0 unspecified atom stereocenters. The monoisotopic (exact) mass is 275 g/mol. The van der Waals surface area contributed by atoms with Crippen molar-refractivity contribution in [3.63, 3.8) is 0 Å². The van der Waals surface area contributed by atoms with Crippen LogP contribution in [0.15, 0.2) is 36.7 Å². The van der Waals surface area contributed by atoms with Crippen LogP contribution in [0.25, 0.3) is 0 Å². The lowest BCUT2D eigenvalue weighted by Gasteiger charge is -2.08. The molecule has 0 spiro atoms. The molecule has 1 N–H and O–H groups in total. The number of aromatic nitrogens is 2. The highest BCUT2D eigenvalue weighted by Gasteiger charge is 2.00. The van der Waals surface area contributed by atoms with E-state index in [1.54, 1.807) is 0 Å². The summed E-state index contributed by atoms with van der Waals surface area (Å²) in [4.78, 5) is 0. The first-order chi connectivity index (χ1) is 9.13. The van der Waals surface area contributed by atoms with E-state index in [1.165, 1.54) is 16.8 Å². The average molecular weight is 275 g/mol. The topological polar surface area (TPSA) is 29.9 Å². The third kappa shape index (κ3) is 4.63. The summed E-state index contributed by atoms with van der Waals surface area (Å²) < 4.78 is 1.83. The van der Waals surface area contributed by atoms with Gasteiger partial charge in [0.15, 0.2) is 0 Å². The van der Waals surface area contributed by atoms with Gasteiger partial charge in [-0.25, -0.2) is 0 Å². The van der Waals surface area contributed by atoms with Crippen molar-refractivity contribution in [2.45, 2.75) is 31.4 Å². The minimum Gasteiger partial charge on any atom is -0.381 e. The Kier molecular flexibility index (Phi) is 4.91. The Morgan fingerprint density at radius 1 is 1.32 bits per heavy atom. The molecule has 0 aliphatic rings. The van der Waals surface area contributed by atoms with Crippen molar-refractivity contribution in [1.29, 1.82) is 0 Å². The van der Waals surface area contributed by atoms with E-state index in [2.05, 4.69) is 48.5 Å². The number of anilines is 1. The number of benzene rings is 1. The van der Waals surface area contributed by atoms with Gasteiger partial charge in [0.25, 0.3) is 0 Å². The van der Waals surface area contributed by atoms with Crippen LogP contribution in [-0.2, 0) is 19.3 Å². The maximum atomic E-state index is 4.17. The van der Waals surface area contributed by atoms with Crippen LogP contribution in [0.4, 0.5) is 5.69 Å². The fourth-order valence-electron chi connectivity index (χ4n) is 1.80. The average Bonchev–Trinajstić information content (AvgIpc) is 2.80. The number of hydrogen-bond acceptors (Lipinski definition) is 3. The largest absolute Gasteiger partial charge is 0.381 e. The molecule has 2 rings (SSSR count). The summed E-state index contributed by atoms with van der Waals surface area (Å²) in [7, 11) is 1.94. The van der Waals surface area contributed by atoms with E-state index in [1.807, 2.05) is 35.9 Å². The van der Waals surface area contributed by atoms with Crippen LogP contribution in [0.3, 0.4) is 0 Å². The van der Waals surface area contributed by atoms with Crippen molar-refractivity contribution in [3.05, 3.63) is 47.8 Å². The minimum atomic E-state index is 0.673. The lowest BCUT2D eigenvalue weighted by atomic mass is 10.2. The van der Waals surface area contributed by atoms with E-state index in [-0.39, 0.29) is 0 Å². The summed E-state index contributed by atoms with van der Waals surface area (Å²) in [5.41, 5.74) is 3.74. The van der Waals surface area contributed by atoms with Gasteiger partial charge in [-0.15, -0.1) is 0 Å². The molecule has 19 heavy (non-hydrogen) atoms. The molecule has 2 aromatic rings. The number of aryl methyl sites for hydroxylation is 1. The van der Waals surface area contributed by atoms with E-state index in [0.29, 0.717) is 5.25 Å². The van der Waals surface area contributed by atoms with Crippen molar-refractivity contribution >= 4 is 17.4 Å². The molecule has 0 aliphatic heterocycles. The molecule has 4 heteroatoms. The maximum Gasteiger partial charge on any atom is 0.0539 e.